The van der Waals surface area contributed by atoms with E-state index in [1.165, 1.54) is 43.2 Å². The first kappa shape index (κ1) is 23.6. The van der Waals surface area contributed by atoms with Crippen LogP contribution in [0.4, 0.5) is 0 Å². The van der Waals surface area contributed by atoms with Crippen molar-refractivity contribution in [3.8, 4) is 11.5 Å². The van der Waals surface area contributed by atoms with Gasteiger partial charge < -0.3 is 14.6 Å². The zero-order valence-electron chi connectivity index (χ0n) is 19.3. The predicted octanol–water partition coefficient (Wildman–Crippen LogP) is 4.33. The minimum Gasteiger partial charge on any atom is -0.493 e. The quantitative estimate of drug-likeness (QED) is 0.579. The number of likely N-dealkylation sites (N-methyl/N-ethyl adjacent to an activating group) is 1. The largest absolute Gasteiger partial charge is 0.493 e. The van der Waals surface area contributed by atoms with Gasteiger partial charge in [0, 0.05) is 25.7 Å². The molecule has 1 saturated carbocycles. The molecule has 0 amide bonds. The topological polar surface area (TPSA) is 45.2 Å². The van der Waals surface area contributed by atoms with E-state index in [1.807, 2.05) is 31.3 Å². The Labute approximate surface area is 187 Å². The van der Waals surface area contributed by atoms with Crippen molar-refractivity contribution < 1.29 is 14.6 Å². The summed E-state index contributed by atoms with van der Waals surface area (Å²) in [7, 11) is 5.88. The second-order valence-electron chi connectivity index (χ2n) is 8.84. The van der Waals surface area contributed by atoms with Crippen LogP contribution in [0.3, 0.4) is 0 Å². The first-order chi connectivity index (χ1) is 15.0. The third kappa shape index (κ3) is 7.53. The third-order valence-corrected chi connectivity index (χ3v) is 6.11. The molecule has 0 spiro atoms. The van der Waals surface area contributed by atoms with E-state index >= 15 is 0 Å². The number of hydrogen-bond acceptors (Lipinski definition) is 5. The van der Waals surface area contributed by atoms with Gasteiger partial charge in [0.05, 0.1) is 7.11 Å². The van der Waals surface area contributed by atoms with Crippen molar-refractivity contribution >= 4 is 0 Å². The fraction of sp³-hybridized carbons (Fsp3) is 0.538. The zero-order chi connectivity index (χ0) is 22.1. The monoisotopic (exact) mass is 426 g/mol. The molecule has 0 saturated heterocycles. The molecular weight excluding hydrogens is 388 g/mol. The molecule has 0 aromatic heterocycles. The first-order valence-electron chi connectivity index (χ1n) is 11.5. The lowest BCUT2D eigenvalue weighted by Gasteiger charge is -2.31. The molecule has 5 nitrogen and oxygen atoms in total. The summed E-state index contributed by atoms with van der Waals surface area (Å²) in [5.41, 5.74) is 2.44. The number of nitrogens with zero attached hydrogens (tertiary/aromatic N) is 2. The summed E-state index contributed by atoms with van der Waals surface area (Å²) in [6.07, 6.45) is 6.04. The van der Waals surface area contributed by atoms with E-state index in [4.69, 9.17) is 9.47 Å². The van der Waals surface area contributed by atoms with Crippen molar-refractivity contribution in [2.24, 2.45) is 0 Å². The molecule has 0 unspecified atom stereocenters. The molecule has 3 rings (SSSR count). The Morgan fingerprint density at radius 1 is 0.935 bits per heavy atom. The Balaban J connectivity index is 1.52. The van der Waals surface area contributed by atoms with Gasteiger partial charge in [-0.1, -0.05) is 55.7 Å². The molecule has 170 valence electrons. The average molecular weight is 427 g/mol. The molecule has 5 heteroatoms. The summed E-state index contributed by atoms with van der Waals surface area (Å²) >= 11 is 0. The zero-order valence-corrected chi connectivity index (χ0v) is 19.3. The SMILES string of the molecule is COc1ccc(CN(C)C2CCCCC2)cc1OC[C@@H](O)CN(C)Cc1ccccc1. The fourth-order valence-electron chi connectivity index (χ4n) is 4.43. The molecule has 0 aliphatic heterocycles. The summed E-state index contributed by atoms with van der Waals surface area (Å²) < 4.78 is 11.5. The van der Waals surface area contributed by atoms with Gasteiger partial charge in [0.15, 0.2) is 11.5 Å². The highest BCUT2D eigenvalue weighted by atomic mass is 16.5. The highest BCUT2D eigenvalue weighted by molar-refractivity contribution is 5.43. The number of ether oxygens (including phenoxy) is 2. The number of hydrogen-bond donors (Lipinski definition) is 1. The minimum absolute atomic E-state index is 0.234. The molecular formula is C26H38N2O3. The van der Waals surface area contributed by atoms with Gasteiger partial charge >= 0.3 is 0 Å². The fourth-order valence-corrected chi connectivity index (χ4v) is 4.43. The Morgan fingerprint density at radius 3 is 2.39 bits per heavy atom. The van der Waals surface area contributed by atoms with E-state index in [-0.39, 0.29) is 6.61 Å². The van der Waals surface area contributed by atoms with Crippen molar-refractivity contribution in [1.29, 1.82) is 0 Å². The van der Waals surface area contributed by atoms with Crippen LogP contribution < -0.4 is 9.47 Å². The Kier molecular flexibility index (Phi) is 9.19. The standard InChI is InChI=1S/C26H38N2O3/c1-27(17-21-10-6-4-7-11-21)19-24(29)20-31-26-16-22(14-15-25(26)30-3)18-28(2)23-12-8-5-9-13-23/h4,6-7,10-11,14-16,23-24,29H,5,8-9,12-13,17-20H2,1-3H3/t24-/m0/s1. The van der Waals surface area contributed by atoms with Crippen LogP contribution in [0.5, 0.6) is 11.5 Å². The molecule has 2 aromatic rings. The van der Waals surface area contributed by atoms with Gasteiger partial charge in [-0.3, -0.25) is 9.80 Å². The van der Waals surface area contributed by atoms with Crippen molar-refractivity contribution in [3.05, 3.63) is 59.7 Å². The van der Waals surface area contributed by atoms with Gasteiger partial charge in [-0.25, -0.2) is 0 Å². The summed E-state index contributed by atoms with van der Waals surface area (Å²) in [5.74, 6) is 1.40. The predicted molar refractivity (Wildman–Crippen MR) is 126 cm³/mol. The van der Waals surface area contributed by atoms with Gasteiger partial charge in [0.1, 0.15) is 12.7 Å². The van der Waals surface area contributed by atoms with E-state index in [0.29, 0.717) is 24.1 Å². The van der Waals surface area contributed by atoms with E-state index in [0.717, 1.165) is 13.1 Å². The number of aliphatic hydroxyl groups excluding tert-OH is 1. The summed E-state index contributed by atoms with van der Waals surface area (Å²) in [6, 6.07) is 17.1. The van der Waals surface area contributed by atoms with Crippen molar-refractivity contribution in [2.75, 3.05) is 34.4 Å². The van der Waals surface area contributed by atoms with E-state index in [2.05, 4.69) is 41.1 Å². The van der Waals surface area contributed by atoms with Gasteiger partial charge in [-0.15, -0.1) is 0 Å². The van der Waals surface area contributed by atoms with Gasteiger partial charge in [0.25, 0.3) is 0 Å². The second kappa shape index (κ2) is 12.1. The van der Waals surface area contributed by atoms with Crippen LogP contribution >= 0.6 is 0 Å². The molecule has 1 fully saturated rings. The number of rotatable bonds is 11. The number of methoxy groups -OCH3 is 1. The van der Waals surface area contributed by atoms with Gasteiger partial charge in [0.2, 0.25) is 0 Å². The van der Waals surface area contributed by atoms with E-state index in [9.17, 15) is 5.11 Å². The Hall–Kier alpha value is -2.08. The maximum Gasteiger partial charge on any atom is 0.161 e. The lowest BCUT2D eigenvalue weighted by molar-refractivity contribution is 0.0732. The van der Waals surface area contributed by atoms with E-state index < -0.39 is 6.10 Å². The molecule has 1 N–H and O–H groups in total. The average Bonchev–Trinajstić information content (AvgIpc) is 2.79. The van der Waals surface area contributed by atoms with Gasteiger partial charge in [-0.2, -0.15) is 0 Å². The molecule has 1 aliphatic rings. The van der Waals surface area contributed by atoms with E-state index in [1.54, 1.807) is 7.11 Å². The minimum atomic E-state index is -0.577. The Morgan fingerprint density at radius 2 is 1.68 bits per heavy atom. The summed E-state index contributed by atoms with van der Waals surface area (Å²) in [5, 5.41) is 10.5. The van der Waals surface area contributed by atoms with Crippen LogP contribution in [0.15, 0.2) is 48.5 Å². The molecule has 31 heavy (non-hydrogen) atoms. The lowest BCUT2D eigenvalue weighted by Crippen LogP contribution is -2.33. The highest BCUT2D eigenvalue weighted by Gasteiger charge is 2.19. The van der Waals surface area contributed by atoms with Crippen LogP contribution in [-0.4, -0.2) is 61.4 Å². The van der Waals surface area contributed by atoms with Crippen LogP contribution in [0.25, 0.3) is 0 Å². The molecule has 0 radical (unpaired) electrons. The van der Waals surface area contributed by atoms with Gasteiger partial charge in [-0.05, 0) is 50.2 Å². The van der Waals surface area contributed by atoms with Crippen LogP contribution in [-0.2, 0) is 13.1 Å². The normalized spacial score (nSPS) is 15.9. The highest BCUT2D eigenvalue weighted by Crippen LogP contribution is 2.30. The van der Waals surface area contributed by atoms with Crippen LogP contribution in [0, 0.1) is 0 Å². The first-order valence-corrected chi connectivity index (χ1v) is 11.5. The molecule has 0 bridgehead atoms. The molecule has 1 atom stereocenters. The smallest absolute Gasteiger partial charge is 0.161 e. The van der Waals surface area contributed by atoms with Crippen molar-refractivity contribution in [1.82, 2.24) is 9.80 Å². The maximum absolute atomic E-state index is 10.5. The second-order valence-corrected chi connectivity index (χ2v) is 8.84. The van der Waals surface area contributed by atoms with Crippen molar-refractivity contribution in [2.45, 2.75) is 57.3 Å². The maximum atomic E-state index is 10.5. The molecule has 1 aliphatic carbocycles. The number of benzene rings is 2. The van der Waals surface area contributed by atoms with Crippen molar-refractivity contribution in [3.63, 3.8) is 0 Å². The summed E-state index contributed by atoms with van der Waals surface area (Å²) in [4.78, 5) is 4.56. The Bertz CT molecular complexity index is 777. The summed E-state index contributed by atoms with van der Waals surface area (Å²) in [6.45, 7) is 2.47. The molecule has 2 aromatic carbocycles. The lowest BCUT2D eigenvalue weighted by atomic mass is 9.94. The number of aliphatic hydroxyl groups is 1. The molecule has 0 heterocycles. The van der Waals surface area contributed by atoms with Crippen LogP contribution in [0.1, 0.15) is 43.2 Å². The van der Waals surface area contributed by atoms with Crippen LogP contribution in [0.2, 0.25) is 0 Å². The third-order valence-electron chi connectivity index (χ3n) is 6.11.